The molecule has 0 radical (unpaired) electrons. The maximum Gasteiger partial charge on any atom is 0.220 e. The Hall–Kier alpha value is -2.64. The number of hydrogen-bond acceptors (Lipinski definition) is 7. The van der Waals surface area contributed by atoms with Gasteiger partial charge in [0.25, 0.3) is 0 Å². The molecule has 2 aromatic heterocycles. The number of carbonyl (C=O) groups is 1. The highest BCUT2D eigenvalue weighted by molar-refractivity contribution is 7.13. The number of nitrogens with two attached hydrogens (primary N) is 1. The molecule has 1 aliphatic rings. The Labute approximate surface area is 167 Å². The van der Waals surface area contributed by atoms with Crippen LogP contribution in [0.15, 0.2) is 36.7 Å². The molecule has 1 aromatic carbocycles. The number of benzene rings is 1. The Morgan fingerprint density at radius 1 is 1.32 bits per heavy atom. The Morgan fingerprint density at radius 2 is 2.21 bits per heavy atom. The largest absolute Gasteiger partial charge is 0.371 e. The normalized spacial score (nSPS) is 16.4. The molecular formula is C21H22N4O2S. The van der Waals surface area contributed by atoms with Crippen LogP contribution in [-0.4, -0.2) is 27.3 Å². The van der Waals surface area contributed by atoms with Crippen molar-refractivity contribution in [3.05, 3.63) is 57.7 Å². The van der Waals surface area contributed by atoms with Gasteiger partial charge in [-0.25, -0.2) is 15.0 Å². The fourth-order valence-corrected chi connectivity index (χ4v) is 4.35. The zero-order valence-corrected chi connectivity index (χ0v) is 16.5. The molecule has 0 saturated carbocycles. The Kier molecular flexibility index (Phi) is 5.45. The van der Waals surface area contributed by atoms with E-state index in [0.717, 1.165) is 51.7 Å². The predicted molar refractivity (Wildman–Crippen MR) is 109 cm³/mol. The van der Waals surface area contributed by atoms with Gasteiger partial charge in [0, 0.05) is 31.0 Å². The van der Waals surface area contributed by atoms with Crippen LogP contribution in [-0.2, 0) is 11.2 Å². The number of rotatable bonds is 6. The van der Waals surface area contributed by atoms with Crippen molar-refractivity contribution < 1.29 is 9.53 Å². The summed E-state index contributed by atoms with van der Waals surface area (Å²) in [7, 11) is 0. The number of nitrogen functional groups attached to an aromatic ring is 1. The highest BCUT2D eigenvalue weighted by atomic mass is 32.1. The van der Waals surface area contributed by atoms with Crippen molar-refractivity contribution in [2.75, 3.05) is 12.3 Å². The second-order valence-corrected chi connectivity index (χ2v) is 7.99. The zero-order valence-electron chi connectivity index (χ0n) is 15.7. The van der Waals surface area contributed by atoms with E-state index >= 15 is 0 Å². The summed E-state index contributed by atoms with van der Waals surface area (Å²) >= 11 is 1.47. The zero-order chi connectivity index (χ0) is 19.5. The number of thiazole rings is 1. The molecule has 3 heterocycles. The second-order valence-electron chi connectivity index (χ2n) is 6.93. The van der Waals surface area contributed by atoms with Crippen LogP contribution >= 0.6 is 11.3 Å². The SMILES string of the molecule is Cc1cc(-c2ccnc(N)n2)ccc1CCC(=O)c1cnc(C2CCCO2)s1. The number of carbonyl (C=O) groups excluding carboxylic acids is 1. The molecule has 144 valence electrons. The Balaban J connectivity index is 1.41. The van der Waals surface area contributed by atoms with E-state index < -0.39 is 0 Å². The predicted octanol–water partition coefficient (Wildman–Crippen LogP) is 4.16. The molecule has 1 aliphatic heterocycles. The number of Topliss-reactive ketones (excluding diaryl/α,β-unsaturated/α-hetero) is 1. The molecule has 6 nitrogen and oxygen atoms in total. The number of ketones is 1. The smallest absolute Gasteiger partial charge is 0.220 e. The lowest BCUT2D eigenvalue weighted by Crippen LogP contribution is -2.01. The minimum atomic E-state index is 0.0668. The molecule has 28 heavy (non-hydrogen) atoms. The number of hydrogen-bond donors (Lipinski definition) is 1. The first-order valence-corrected chi connectivity index (χ1v) is 10.2. The van der Waals surface area contributed by atoms with Crippen molar-refractivity contribution in [2.45, 2.75) is 38.7 Å². The van der Waals surface area contributed by atoms with Crippen LogP contribution in [0.25, 0.3) is 11.3 Å². The van der Waals surface area contributed by atoms with Crippen molar-refractivity contribution >= 4 is 23.1 Å². The molecule has 1 atom stereocenters. The third-order valence-corrected chi connectivity index (χ3v) is 6.07. The van der Waals surface area contributed by atoms with E-state index in [1.807, 2.05) is 12.1 Å². The Morgan fingerprint density at radius 3 is 2.96 bits per heavy atom. The molecule has 1 saturated heterocycles. The second kappa shape index (κ2) is 8.16. The molecule has 0 aliphatic carbocycles. The van der Waals surface area contributed by atoms with Gasteiger partial charge < -0.3 is 10.5 Å². The standard InChI is InChI=1S/C21H22N4O2S/c1-13-11-15(16-8-9-23-21(22)25-16)5-4-14(13)6-7-17(26)19-12-24-20(28-19)18-3-2-10-27-18/h4-5,8-9,11-12,18H,2-3,6-7,10H2,1H3,(H2,22,23,25). The molecule has 0 amide bonds. The average Bonchev–Trinajstić information content (AvgIpc) is 3.38. The van der Waals surface area contributed by atoms with Crippen LogP contribution in [0.2, 0.25) is 0 Å². The lowest BCUT2D eigenvalue weighted by molar-refractivity contribution is 0.0986. The summed E-state index contributed by atoms with van der Waals surface area (Å²) in [5, 5.41) is 0.922. The van der Waals surface area contributed by atoms with Gasteiger partial charge in [-0.1, -0.05) is 12.1 Å². The molecule has 2 N–H and O–H groups in total. The first-order chi connectivity index (χ1) is 13.6. The Bertz CT molecular complexity index is 996. The summed E-state index contributed by atoms with van der Waals surface area (Å²) in [6.07, 6.45) is 6.63. The summed E-state index contributed by atoms with van der Waals surface area (Å²) < 4.78 is 5.65. The van der Waals surface area contributed by atoms with Crippen LogP contribution in [0.4, 0.5) is 5.95 Å². The minimum Gasteiger partial charge on any atom is -0.371 e. The van der Waals surface area contributed by atoms with Crippen LogP contribution in [0.5, 0.6) is 0 Å². The summed E-state index contributed by atoms with van der Waals surface area (Å²) in [5.41, 5.74) is 9.74. The van der Waals surface area contributed by atoms with Gasteiger partial charge in [-0.05, 0) is 49.4 Å². The highest BCUT2D eigenvalue weighted by Crippen LogP contribution is 2.32. The van der Waals surface area contributed by atoms with Gasteiger partial charge in [0.1, 0.15) is 11.1 Å². The van der Waals surface area contributed by atoms with Gasteiger partial charge in [-0.3, -0.25) is 4.79 Å². The van der Waals surface area contributed by atoms with Gasteiger partial charge in [-0.2, -0.15) is 0 Å². The van der Waals surface area contributed by atoms with Gasteiger partial charge in [-0.15, -0.1) is 11.3 Å². The summed E-state index contributed by atoms with van der Waals surface area (Å²) in [5.74, 6) is 0.394. The van der Waals surface area contributed by atoms with Crippen molar-refractivity contribution in [3.63, 3.8) is 0 Å². The molecule has 1 fully saturated rings. The molecule has 7 heteroatoms. The van der Waals surface area contributed by atoms with Crippen molar-refractivity contribution in [1.29, 1.82) is 0 Å². The fraction of sp³-hybridized carbons (Fsp3) is 0.333. The van der Waals surface area contributed by atoms with Crippen LogP contribution in [0.1, 0.15) is 51.2 Å². The third kappa shape index (κ3) is 4.10. The summed E-state index contributed by atoms with van der Waals surface area (Å²) in [6.45, 7) is 2.83. The van der Waals surface area contributed by atoms with E-state index in [2.05, 4.69) is 34.0 Å². The van der Waals surface area contributed by atoms with Crippen LogP contribution < -0.4 is 5.73 Å². The summed E-state index contributed by atoms with van der Waals surface area (Å²) in [6, 6.07) is 7.98. The topological polar surface area (TPSA) is 91.0 Å². The van der Waals surface area contributed by atoms with Crippen molar-refractivity contribution in [3.8, 4) is 11.3 Å². The maximum atomic E-state index is 12.6. The average molecular weight is 395 g/mol. The quantitative estimate of drug-likeness (QED) is 0.631. The van der Waals surface area contributed by atoms with E-state index in [-0.39, 0.29) is 17.8 Å². The third-order valence-electron chi connectivity index (χ3n) is 4.94. The number of aryl methyl sites for hydroxylation is 2. The van der Waals surface area contributed by atoms with Gasteiger partial charge >= 0.3 is 0 Å². The maximum absolute atomic E-state index is 12.6. The van der Waals surface area contributed by atoms with Gasteiger partial charge in [0.2, 0.25) is 5.95 Å². The van der Waals surface area contributed by atoms with Crippen molar-refractivity contribution in [1.82, 2.24) is 15.0 Å². The molecular weight excluding hydrogens is 372 g/mol. The van der Waals surface area contributed by atoms with Crippen LogP contribution in [0.3, 0.4) is 0 Å². The van der Waals surface area contributed by atoms with Crippen LogP contribution in [0, 0.1) is 6.92 Å². The molecule has 4 rings (SSSR count). The number of nitrogens with zero attached hydrogens (tertiary/aromatic N) is 3. The van der Waals surface area contributed by atoms with E-state index in [1.165, 1.54) is 11.3 Å². The first-order valence-electron chi connectivity index (χ1n) is 9.39. The van der Waals surface area contributed by atoms with E-state index in [9.17, 15) is 4.79 Å². The van der Waals surface area contributed by atoms with Gasteiger partial charge in [0.15, 0.2) is 5.78 Å². The number of aromatic nitrogens is 3. The van der Waals surface area contributed by atoms with Crippen molar-refractivity contribution in [2.24, 2.45) is 0 Å². The first kappa shape index (κ1) is 18.7. The van der Waals surface area contributed by atoms with Gasteiger partial charge in [0.05, 0.1) is 10.6 Å². The lowest BCUT2D eigenvalue weighted by atomic mass is 9.98. The number of ether oxygens (including phenoxy) is 1. The number of anilines is 1. The van der Waals surface area contributed by atoms with E-state index in [0.29, 0.717) is 12.8 Å². The monoisotopic (exact) mass is 394 g/mol. The molecule has 1 unspecified atom stereocenters. The lowest BCUT2D eigenvalue weighted by Gasteiger charge is -2.08. The summed E-state index contributed by atoms with van der Waals surface area (Å²) in [4.78, 5) is 25.9. The highest BCUT2D eigenvalue weighted by Gasteiger charge is 2.22. The molecule has 0 spiro atoms. The van der Waals surface area contributed by atoms with E-state index in [4.69, 9.17) is 10.5 Å². The fourth-order valence-electron chi connectivity index (χ4n) is 3.38. The molecule has 3 aromatic rings. The molecule has 0 bridgehead atoms. The minimum absolute atomic E-state index is 0.0668. The van der Waals surface area contributed by atoms with E-state index in [1.54, 1.807) is 12.4 Å².